The second kappa shape index (κ2) is 9.15. The summed E-state index contributed by atoms with van der Waals surface area (Å²) in [4.78, 5) is 6.72. The third-order valence-electron chi connectivity index (χ3n) is 4.18. The molecule has 3 aromatic rings. The summed E-state index contributed by atoms with van der Waals surface area (Å²) in [6.45, 7) is 3.13. The molecule has 2 aromatic carbocycles. The monoisotopic (exact) mass is 353 g/mol. The Labute approximate surface area is 153 Å². The number of hydrogen-bond acceptors (Lipinski definition) is 3. The van der Waals surface area contributed by atoms with Crippen molar-refractivity contribution in [2.75, 3.05) is 20.2 Å². The van der Waals surface area contributed by atoms with Crippen molar-refractivity contribution in [1.29, 1.82) is 0 Å². The first kappa shape index (κ1) is 18.1. The summed E-state index contributed by atoms with van der Waals surface area (Å²) in [7, 11) is 2.08. The van der Waals surface area contributed by atoms with Gasteiger partial charge in [-0.15, -0.1) is 0 Å². The predicted octanol–water partition coefficient (Wildman–Crippen LogP) is 3.97. The maximum absolute atomic E-state index is 12.9. The van der Waals surface area contributed by atoms with E-state index < -0.39 is 0 Å². The van der Waals surface area contributed by atoms with Crippen LogP contribution in [-0.2, 0) is 13.1 Å². The topological polar surface area (TPSA) is 30.3 Å². The molecule has 0 aliphatic heterocycles. The number of rotatable bonds is 9. The van der Waals surface area contributed by atoms with Crippen LogP contribution in [0.5, 0.6) is 5.75 Å². The molecule has 1 aromatic heterocycles. The molecule has 0 atom stereocenters. The minimum absolute atomic E-state index is 0.247. The van der Waals surface area contributed by atoms with E-state index in [-0.39, 0.29) is 5.82 Å². The molecule has 0 saturated heterocycles. The molecule has 0 saturated carbocycles. The molecule has 0 fully saturated rings. The van der Waals surface area contributed by atoms with Crippen LogP contribution in [0.2, 0.25) is 0 Å². The van der Waals surface area contributed by atoms with E-state index in [1.54, 1.807) is 12.1 Å². The lowest BCUT2D eigenvalue weighted by molar-refractivity contribution is 0.254. The van der Waals surface area contributed by atoms with Crippen LogP contribution in [0.3, 0.4) is 0 Å². The van der Waals surface area contributed by atoms with Gasteiger partial charge in [0.25, 0.3) is 0 Å². The van der Waals surface area contributed by atoms with E-state index in [0.717, 1.165) is 31.9 Å². The van der Waals surface area contributed by atoms with Crippen molar-refractivity contribution in [2.24, 2.45) is 0 Å². The molecule has 136 valence electrons. The highest BCUT2D eigenvalue weighted by Crippen LogP contribution is 2.11. The zero-order chi connectivity index (χ0) is 18.2. The molecule has 0 N–H and O–H groups in total. The van der Waals surface area contributed by atoms with Gasteiger partial charge in [-0.2, -0.15) is 0 Å². The Balaban J connectivity index is 1.43. The van der Waals surface area contributed by atoms with Gasteiger partial charge in [0.2, 0.25) is 0 Å². The first-order valence-corrected chi connectivity index (χ1v) is 8.81. The van der Waals surface area contributed by atoms with Gasteiger partial charge >= 0.3 is 0 Å². The Kier molecular flexibility index (Phi) is 6.39. The van der Waals surface area contributed by atoms with Gasteiger partial charge in [0.05, 0.1) is 13.2 Å². The maximum Gasteiger partial charge on any atom is 0.123 e. The Morgan fingerprint density at radius 2 is 1.85 bits per heavy atom. The van der Waals surface area contributed by atoms with Crippen molar-refractivity contribution in [2.45, 2.75) is 19.5 Å². The third kappa shape index (κ3) is 5.43. The first-order valence-electron chi connectivity index (χ1n) is 8.81. The van der Waals surface area contributed by atoms with Crippen LogP contribution < -0.4 is 4.74 Å². The SMILES string of the molecule is CN(CCCOc1ccc(F)cc1)Cc1nccn1Cc1ccccc1. The number of halogens is 1. The third-order valence-corrected chi connectivity index (χ3v) is 4.18. The highest BCUT2D eigenvalue weighted by atomic mass is 19.1. The molecule has 0 aliphatic rings. The predicted molar refractivity (Wildman–Crippen MR) is 101 cm³/mol. The summed E-state index contributed by atoms with van der Waals surface area (Å²) in [5.74, 6) is 1.51. The Hall–Kier alpha value is -2.66. The highest BCUT2D eigenvalue weighted by Gasteiger charge is 2.07. The lowest BCUT2D eigenvalue weighted by Crippen LogP contribution is -2.23. The minimum Gasteiger partial charge on any atom is -0.494 e. The number of ether oxygens (including phenoxy) is 1. The first-order chi connectivity index (χ1) is 12.7. The van der Waals surface area contributed by atoms with Crippen LogP contribution >= 0.6 is 0 Å². The Bertz CT molecular complexity index is 787. The average molecular weight is 353 g/mol. The fourth-order valence-corrected chi connectivity index (χ4v) is 2.79. The molecule has 5 heteroatoms. The van der Waals surface area contributed by atoms with E-state index >= 15 is 0 Å². The second-order valence-corrected chi connectivity index (χ2v) is 6.35. The Morgan fingerprint density at radius 3 is 2.62 bits per heavy atom. The quantitative estimate of drug-likeness (QED) is 0.545. The maximum atomic E-state index is 12.9. The van der Waals surface area contributed by atoms with Gasteiger partial charge in [-0.25, -0.2) is 9.37 Å². The number of imidazole rings is 1. The summed E-state index contributed by atoms with van der Waals surface area (Å²) < 4.78 is 20.7. The molecular formula is C21H24FN3O. The molecular weight excluding hydrogens is 329 g/mol. The van der Waals surface area contributed by atoms with Crippen LogP contribution in [0.15, 0.2) is 67.0 Å². The summed E-state index contributed by atoms with van der Waals surface area (Å²) in [6, 6.07) is 16.5. The van der Waals surface area contributed by atoms with E-state index in [1.165, 1.54) is 17.7 Å². The molecule has 3 rings (SSSR count). The van der Waals surface area contributed by atoms with Crippen LogP contribution in [0.1, 0.15) is 17.8 Å². The molecule has 0 amide bonds. The van der Waals surface area contributed by atoms with Gasteiger partial charge in [-0.1, -0.05) is 30.3 Å². The molecule has 0 radical (unpaired) electrons. The van der Waals surface area contributed by atoms with Crippen LogP contribution in [0, 0.1) is 5.82 Å². The normalized spacial score (nSPS) is 11.0. The zero-order valence-corrected chi connectivity index (χ0v) is 15.0. The van der Waals surface area contributed by atoms with Gasteiger partial charge in [-0.05, 0) is 43.3 Å². The van der Waals surface area contributed by atoms with Crippen LogP contribution in [-0.4, -0.2) is 34.7 Å². The number of benzene rings is 2. The number of nitrogens with zero attached hydrogens (tertiary/aromatic N) is 3. The molecule has 4 nitrogen and oxygen atoms in total. The fourth-order valence-electron chi connectivity index (χ4n) is 2.79. The molecule has 1 heterocycles. The van der Waals surface area contributed by atoms with Gasteiger partial charge in [-0.3, -0.25) is 4.90 Å². The van der Waals surface area contributed by atoms with E-state index in [9.17, 15) is 4.39 Å². The van der Waals surface area contributed by atoms with Crippen LogP contribution in [0.25, 0.3) is 0 Å². The summed E-state index contributed by atoms with van der Waals surface area (Å²) >= 11 is 0. The lowest BCUT2D eigenvalue weighted by Gasteiger charge is -2.17. The Morgan fingerprint density at radius 1 is 1.08 bits per heavy atom. The smallest absolute Gasteiger partial charge is 0.123 e. The van der Waals surface area contributed by atoms with E-state index in [1.807, 2.05) is 18.5 Å². The molecule has 0 aliphatic carbocycles. The van der Waals surface area contributed by atoms with Crippen molar-refractivity contribution in [3.63, 3.8) is 0 Å². The number of aromatic nitrogens is 2. The van der Waals surface area contributed by atoms with Crippen LogP contribution in [0.4, 0.5) is 4.39 Å². The number of hydrogen-bond donors (Lipinski definition) is 0. The highest BCUT2D eigenvalue weighted by molar-refractivity contribution is 5.22. The standard InChI is InChI=1S/C21H24FN3O/c1-24(13-5-15-26-20-10-8-19(22)9-11-20)17-21-23-12-14-25(21)16-18-6-3-2-4-7-18/h2-4,6-12,14H,5,13,15-17H2,1H3. The van der Waals surface area contributed by atoms with E-state index in [0.29, 0.717) is 12.4 Å². The minimum atomic E-state index is -0.247. The van der Waals surface area contributed by atoms with Crippen molar-refractivity contribution in [3.05, 3.63) is 84.2 Å². The molecule has 26 heavy (non-hydrogen) atoms. The van der Waals surface area contributed by atoms with E-state index in [4.69, 9.17) is 4.74 Å². The second-order valence-electron chi connectivity index (χ2n) is 6.35. The van der Waals surface area contributed by atoms with Gasteiger partial charge in [0.15, 0.2) is 0 Å². The van der Waals surface area contributed by atoms with Crippen molar-refractivity contribution in [3.8, 4) is 5.75 Å². The average Bonchev–Trinajstić information content (AvgIpc) is 3.08. The van der Waals surface area contributed by atoms with Gasteiger partial charge in [0, 0.05) is 25.5 Å². The van der Waals surface area contributed by atoms with Crippen molar-refractivity contribution >= 4 is 0 Å². The van der Waals surface area contributed by atoms with Gasteiger partial charge < -0.3 is 9.30 Å². The summed E-state index contributed by atoms with van der Waals surface area (Å²) in [5, 5.41) is 0. The molecule has 0 unspecified atom stereocenters. The molecule has 0 bridgehead atoms. The van der Waals surface area contributed by atoms with Crippen molar-refractivity contribution < 1.29 is 9.13 Å². The molecule has 0 spiro atoms. The largest absolute Gasteiger partial charge is 0.494 e. The lowest BCUT2D eigenvalue weighted by atomic mass is 10.2. The summed E-state index contributed by atoms with van der Waals surface area (Å²) in [6.07, 6.45) is 4.77. The summed E-state index contributed by atoms with van der Waals surface area (Å²) in [5.41, 5.74) is 1.27. The van der Waals surface area contributed by atoms with Crippen molar-refractivity contribution in [1.82, 2.24) is 14.5 Å². The van der Waals surface area contributed by atoms with E-state index in [2.05, 4.69) is 45.8 Å². The van der Waals surface area contributed by atoms with Gasteiger partial charge in [0.1, 0.15) is 17.4 Å². The zero-order valence-electron chi connectivity index (χ0n) is 15.0. The fraction of sp³-hybridized carbons (Fsp3) is 0.286.